The molecule has 1 aliphatic heterocycles. The molecule has 9 nitrogen and oxygen atoms in total. The van der Waals surface area contributed by atoms with E-state index in [1.807, 2.05) is 0 Å². The Morgan fingerprint density at radius 2 is 0.861 bits per heavy atom. The van der Waals surface area contributed by atoms with Crippen LogP contribution in [0.3, 0.4) is 0 Å². The molecule has 0 aromatic rings. The van der Waals surface area contributed by atoms with Gasteiger partial charge < -0.3 is 40.3 Å². The van der Waals surface area contributed by atoms with Crippen LogP contribution >= 0.6 is 0 Å². The highest BCUT2D eigenvalue weighted by Gasteiger charge is 2.44. The van der Waals surface area contributed by atoms with Crippen molar-refractivity contribution in [3.63, 3.8) is 0 Å². The van der Waals surface area contributed by atoms with Gasteiger partial charge in [-0.1, -0.05) is 259 Å². The second-order valence-corrected chi connectivity index (χ2v) is 20.4. The Hall–Kier alpha value is -2.63. The van der Waals surface area contributed by atoms with Gasteiger partial charge in [0.15, 0.2) is 6.29 Å². The van der Waals surface area contributed by atoms with Crippen LogP contribution in [0, 0.1) is 0 Å². The minimum absolute atomic E-state index is 0.144. The van der Waals surface area contributed by atoms with Crippen molar-refractivity contribution in [2.45, 2.75) is 294 Å². The van der Waals surface area contributed by atoms with Crippen molar-refractivity contribution in [2.75, 3.05) is 13.2 Å². The van der Waals surface area contributed by atoms with Gasteiger partial charge in [-0.05, 0) is 70.6 Å². The Kier molecular flexibility index (Phi) is 48.5. The molecule has 0 radical (unpaired) electrons. The molecule has 1 rings (SSSR count). The Bertz CT molecular complexity index is 1400. The van der Waals surface area contributed by atoms with Gasteiger partial charge in [0.1, 0.15) is 24.4 Å². The van der Waals surface area contributed by atoms with Gasteiger partial charge in [-0.25, -0.2) is 0 Å². The number of nitrogens with one attached hydrogen (secondary N) is 1. The number of allylic oxidation sites excluding steroid dienone is 14. The van der Waals surface area contributed by atoms with Crippen molar-refractivity contribution in [1.82, 2.24) is 5.32 Å². The maximum Gasteiger partial charge on any atom is 0.220 e. The number of amides is 1. The minimum atomic E-state index is -1.56. The Balaban J connectivity index is 2.20. The summed E-state index contributed by atoms with van der Waals surface area (Å²) in [4.78, 5) is 13.1. The lowest BCUT2D eigenvalue weighted by Gasteiger charge is -2.40. The zero-order valence-electron chi connectivity index (χ0n) is 46.2. The fourth-order valence-corrected chi connectivity index (χ4v) is 9.08. The lowest BCUT2D eigenvalue weighted by atomic mass is 9.99. The molecule has 0 aromatic carbocycles. The summed E-state index contributed by atoms with van der Waals surface area (Å²) in [6.45, 7) is 3.73. The van der Waals surface area contributed by atoms with Crippen LogP contribution in [-0.4, -0.2) is 87.5 Å². The predicted molar refractivity (Wildman–Crippen MR) is 304 cm³/mol. The van der Waals surface area contributed by atoms with E-state index in [1.54, 1.807) is 0 Å². The first-order valence-electron chi connectivity index (χ1n) is 29.8. The molecule has 7 atom stereocenters. The molecule has 416 valence electrons. The second-order valence-electron chi connectivity index (χ2n) is 20.4. The predicted octanol–water partition coefficient (Wildman–Crippen LogP) is 15.0. The minimum Gasteiger partial charge on any atom is -0.394 e. The zero-order chi connectivity index (χ0) is 52.2. The number of ether oxygens (including phenoxy) is 2. The Morgan fingerprint density at radius 3 is 1.28 bits per heavy atom. The fraction of sp³-hybridized carbons (Fsp3) is 0.762. The highest BCUT2D eigenvalue weighted by atomic mass is 16.7. The fourth-order valence-electron chi connectivity index (χ4n) is 9.08. The summed E-state index contributed by atoms with van der Waals surface area (Å²) in [7, 11) is 0. The molecule has 1 fully saturated rings. The quantitative estimate of drug-likeness (QED) is 0.0261. The van der Waals surface area contributed by atoms with Crippen molar-refractivity contribution < 1.29 is 39.8 Å². The maximum atomic E-state index is 13.1. The molecular weight excluding hydrogens is 899 g/mol. The van der Waals surface area contributed by atoms with Crippen LogP contribution in [0.25, 0.3) is 0 Å². The largest absolute Gasteiger partial charge is 0.394 e. The second kappa shape index (κ2) is 51.8. The highest BCUT2D eigenvalue weighted by molar-refractivity contribution is 5.76. The number of hydrogen-bond donors (Lipinski definition) is 6. The van der Waals surface area contributed by atoms with Crippen molar-refractivity contribution in [2.24, 2.45) is 0 Å². The molecule has 1 amide bonds. The molecule has 1 saturated heterocycles. The van der Waals surface area contributed by atoms with Gasteiger partial charge in [0, 0.05) is 6.42 Å². The summed E-state index contributed by atoms with van der Waals surface area (Å²) in [6.07, 6.45) is 66.0. The van der Waals surface area contributed by atoms with E-state index in [0.717, 1.165) is 89.9 Å². The molecule has 7 unspecified atom stereocenters. The number of carbonyl (C=O) groups is 1. The van der Waals surface area contributed by atoms with Crippen LogP contribution in [-0.2, 0) is 14.3 Å². The van der Waals surface area contributed by atoms with E-state index in [0.29, 0.717) is 12.8 Å². The van der Waals surface area contributed by atoms with E-state index in [2.05, 4.69) is 104 Å². The summed E-state index contributed by atoms with van der Waals surface area (Å²) >= 11 is 0. The van der Waals surface area contributed by atoms with Crippen molar-refractivity contribution in [3.05, 3.63) is 85.1 Å². The van der Waals surface area contributed by atoms with Crippen LogP contribution < -0.4 is 5.32 Å². The Morgan fingerprint density at radius 1 is 0.486 bits per heavy atom. The third-order valence-corrected chi connectivity index (χ3v) is 13.8. The highest BCUT2D eigenvalue weighted by Crippen LogP contribution is 2.23. The van der Waals surface area contributed by atoms with E-state index in [1.165, 1.54) is 135 Å². The van der Waals surface area contributed by atoms with Crippen LogP contribution in [0.1, 0.15) is 251 Å². The van der Waals surface area contributed by atoms with Gasteiger partial charge in [0.25, 0.3) is 0 Å². The average molecular weight is 1010 g/mol. The average Bonchev–Trinajstić information content (AvgIpc) is 3.38. The molecule has 0 aromatic heterocycles. The van der Waals surface area contributed by atoms with Gasteiger partial charge in [0.2, 0.25) is 5.91 Å². The van der Waals surface area contributed by atoms with E-state index < -0.39 is 49.5 Å². The lowest BCUT2D eigenvalue weighted by Crippen LogP contribution is -2.60. The van der Waals surface area contributed by atoms with Gasteiger partial charge in [-0.2, -0.15) is 0 Å². The third-order valence-electron chi connectivity index (χ3n) is 13.8. The number of aliphatic hydroxyl groups is 5. The normalized spacial score (nSPS) is 19.8. The van der Waals surface area contributed by atoms with Crippen molar-refractivity contribution in [3.8, 4) is 0 Å². The molecule has 1 heterocycles. The molecule has 0 saturated carbocycles. The van der Waals surface area contributed by atoms with Crippen molar-refractivity contribution >= 4 is 5.91 Å². The van der Waals surface area contributed by atoms with Crippen LogP contribution in [0.4, 0.5) is 0 Å². The topological polar surface area (TPSA) is 149 Å². The van der Waals surface area contributed by atoms with Gasteiger partial charge in [0.05, 0.1) is 25.4 Å². The number of carbonyl (C=O) groups excluding carboxylic acids is 1. The Labute approximate surface area is 441 Å². The molecule has 0 bridgehead atoms. The summed E-state index contributed by atoms with van der Waals surface area (Å²) in [6, 6.07) is -0.728. The van der Waals surface area contributed by atoms with Crippen molar-refractivity contribution in [1.29, 1.82) is 0 Å². The molecular formula is C63H111NO8. The number of hydrogen-bond acceptors (Lipinski definition) is 8. The third kappa shape index (κ3) is 40.7. The maximum absolute atomic E-state index is 13.1. The smallest absolute Gasteiger partial charge is 0.220 e. The van der Waals surface area contributed by atoms with Crippen LogP contribution in [0.5, 0.6) is 0 Å². The van der Waals surface area contributed by atoms with E-state index in [9.17, 15) is 30.3 Å². The summed E-state index contributed by atoms with van der Waals surface area (Å²) in [5, 5.41) is 54.7. The van der Waals surface area contributed by atoms with Crippen LogP contribution in [0.2, 0.25) is 0 Å². The lowest BCUT2D eigenvalue weighted by molar-refractivity contribution is -0.302. The van der Waals surface area contributed by atoms with E-state index in [-0.39, 0.29) is 12.5 Å². The number of rotatable bonds is 50. The molecule has 9 heteroatoms. The summed E-state index contributed by atoms with van der Waals surface area (Å²) in [5.74, 6) is -0.152. The summed E-state index contributed by atoms with van der Waals surface area (Å²) < 4.78 is 11.3. The van der Waals surface area contributed by atoms with Gasteiger partial charge >= 0.3 is 0 Å². The molecule has 0 aliphatic carbocycles. The SMILES string of the molecule is CC/C=C\C/C=C\C/C=C\C/C=C\C/C=C\C/C=C\C/C=C\CCCCCCCCCCCC(=O)NC(COC1OC(CO)C(O)C(O)C1O)C(O)CCCCCCCCCCCCCCCCCCCC. The van der Waals surface area contributed by atoms with E-state index in [4.69, 9.17) is 9.47 Å². The molecule has 1 aliphatic rings. The van der Waals surface area contributed by atoms with Gasteiger partial charge in [-0.3, -0.25) is 4.79 Å². The summed E-state index contributed by atoms with van der Waals surface area (Å²) in [5.41, 5.74) is 0. The number of aliphatic hydroxyl groups excluding tert-OH is 5. The molecule has 72 heavy (non-hydrogen) atoms. The molecule has 0 spiro atoms. The first-order chi connectivity index (χ1) is 35.3. The monoisotopic (exact) mass is 1010 g/mol. The number of unbranched alkanes of at least 4 members (excludes halogenated alkanes) is 26. The first kappa shape index (κ1) is 67.4. The standard InChI is InChI=1S/C63H111NO8/c1-3-5-7-9-11-13-15-17-19-21-23-24-25-26-27-28-29-30-31-32-33-34-35-37-39-41-43-45-47-49-51-53-59(67)64-56(55-71-63-62(70)61(69)60(68)58(54-65)72-63)57(66)52-50-48-46-44-42-40-38-36-22-20-18-16-14-12-10-8-6-4-2/h5,7,11,13,17,19,23-24,26-27,29-30,32-33,56-58,60-63,65-66,68-70H,3-4,6,8-10,12,14-16,18,20-22,25,28,31,34-55H2,1-2H3,(H,64,67)/b7-5-,13-11-,19-17-,24-23-,27-26-,30-29-,33-32-. The molecule has 6 N–H and O–H groups in total. The van der Waals surface area contributed by atoms with Crippen LogP contribution in [0.15, 0.2) is 85.1 Å². The zero-order valence-corrected chi connectivity index (χ0v) is 46.2. The van der Waals surface area contributed by atoms with E-state index >= 15 is 0 Å². The first-order valence-corrected chi connectivity index (χ1v) is 29.8. The van der Waals surface area contributed by atoms with Gasteiger partial charge in [-0.15, -0.1) is 0 Å².